The monoisotopic (exact) mass is 403 g/mol. The number of amides is 3. The quantitative estimate of drug-likeness (QED) is 0.688. The number of carbonyl (C=O) groups is 2. The van der Waals surface area contributed by atoms with Gasteiger partial charge in [0.05, 0.1) is 18.7 Å². The fourth-order valence-electron chi connectivity index (χ4n) is 3.02. The van der Waals surface area contributed by atoms with E-state index < -0.39 is 24.6 Å². The number of anilines is 1. The molecule has 2 aromatic carbocycles. The molecule has 0 fully saturated rings. The first kappa shape index (κ1) is 20.1. The molecule has 3 N–H and O–H groups in total. The summed E-state index contributed by atoms with van der Waals surface area (Å²) < 4.78 is 35.3. The van der Waals surface area contributed by atoms with E-state index in [0.717, 1.165) is 0 Å². The summed E-state index contributed by atoms with van der Waals surface area (Å²) in [6.45, 7) is -1.49. The molecule has 0 saturated carbocycles. The van der Waals surface area contributed by atoms with Crippen LogP contribution >= 0.6 is 0 Å². The van der Waals surface area contributed by atoms with Crippen molar-refractivity contribution in [1.82, 2.24) is 10.6 Å². The number of benzene rings is 2. The number of hydrogen-bond donors (Lipinski definition) is 3. The summed E-state index contributed by atoms with van der Waals surface area (Å²) in [5, 5.41) is 7.87. The molecule has 3 rings (SSSR count). The second-order valence-electron chi connectivity index (χ2n) is 6.17. The van der Waals surface area contributed by atoms with Gasteiger partial charge in [0.2, 0.25) is 0 Å². The van der Waals surface area contributed by atoms with Gasteiger partial charge in [-0.1, -0.05) is 18.2 Å². The predicted octanol–water partition coefficient (Wildman–Crippen LogP) is 3.56. The Labute approximate surface area is 165 Å². The third kappa shape index (κ3) is 4.63. The Balaban J connectivity index is 1.95. The van der Waals surface area contributed by atoms with Crippen LogP contribution in [-0.2, 0) is 4.79 Å². The largest absolute Gasteiger partial charge is 0.497 e. The maximum absolute atomic E-state index is 13.0. The Morgan fingerprint density at radius 1 is 1.14 bits per heavy atom. The van der Waals surface area contributed by atoms with Crippen LogP contribution in [0.25, 0.3) is 0 Å². The summed E-state index contributed by atoms with van der Waals surface area (Å²) in [6, 6.07) is 11.1. The molecule has 2 aromatic rings. The number of ether oxygens (including phenoxy) is 2. The first-order valence-corrected chi connectivity index (χ1v) is 8.66. The Hall–Kier alpha value is -3.62. The Morgan fingerprint density at radius 2 is 1.83 bits per heavy atom. The van der Waals surface area contributed by atoms with Crippen LogP contribution in [0.2, 0.25) is 0 Å². The highest BCUT2D eigenvalue weighted by Gasteiger charge is 2.33. The van der Waals surface area contributed by atoms with Gasteiger partial charge in [-0.3, -0.25) is 4.79 Å². The number of rotatable bonds is 6. The van der Waals surface area contributed by atoms with E-state index in [9.17, 15) is 18.4 Å². The van der Waals surface area contributed by atoms with Gasteiger partial charge in [0.15, 0.2) is 0 Å². The van der Waals surface area contributed by atoms with E-state index in [0.29, 0.717) is 17.1 Å². The minimum atomic E-state index is -3.05. The smallest absolute Gasteiger partial charge is 0.387 e. The average Bonchev–Trinajstić information content (AvgIpc) is 2.68. The molecule has 152 valence electrons. The number of halogens is 2. The lowest BCUT2D eigenvalue weighted by Gasteiger charge is -2.29. The first-order chi connectivity index (χ1) is 13.9. The van der Waals surface area contributed by atoms with Crippen LogP contribution in [0, 0.1) is 0 Å². The standard InChI is InChI=1S/C20H19F2N3O4/c1-11-16(18(26)24-12-7-9-13(28-2)10-8-12)17(25-20(27)23-11)14-5-3-4-6-15(14)29-19(21)22/h3-10,17,19H,1-2H3,(H,24,26)(H2,23,25,27). The maximum atomic E-state index is 13.0. The van der Waals surface area contributed by atoms with E-state index in [1.807, 2.05) is 0 Å². The van der Waals surface area contributed by atoms with Crippen molar-refractivity contribution in [3.05, 3.63) is 65.4 Å². The van der Waals surface area contributed by atoms with Crippen LogP contribution < -0.4 is 25.4 Å². The van der Waals surface area contributed by atoms with Gasteiger partial charge in [-0.2, -0.15) is 8.78 Å². The predicted molar refractivity (Wildman–Crippen MR) is 102 cm³/mol. The normalized spacial score (nSPS) is 16.2. The van der Waals surface area contributed by atoms with Crippen molar-refractivity contribution in [2.75, 3.05) is 12.4 Å². The van der Waals surface area contributed by atoms with E-state index >= 15 is 0 Å². The summed E-state index contributed by atoms with van der Waals surface area (Å²) in [7, 11) is 1.53. The first-order valence-electron chi connectivity index (χ1n) is 8.66. The molecule has 0 aliphatic carbocycles. The number of para-hydroxylation sites is 1. The summed E-state index contributed by atoms with van der Waals surface area (Å²) in [4.78, 5) is 25.0. The molecule has 1 heterocycles. The van der Waals surface area contributed by atoms with Crippen molar-refractivity contribution >= 4 is 17.6 Å². The highest BCUT2D eigenvalue weighted by atomic mass is 19.3. The molecule has 1 aliphatic heterocycles. The molecular formula is C20H19F2N3O4. The average molecular weight is 403 g/mol. The highest BCUT2D eigenvalue weighted by Crippen LogP contribution is 2.34. The fourth-order valence-corrected chi connectivity index (χ4v) is 3.02. The van der Waals surface area contributed by atoms with Crippen LogP contribution in [0.5, 0.6) is 11.5 Å². The molecule has 1 aliphatic rings. The van der Waals surface area contributed by atoms with Crippen LogP contribution in [0.4, 0.5) is 19.3 Å². The Bertz CT molecular complexity index is 945. The lowest BCUT2D eigenvalue weighted by molar-refractivity contribution is -0.113. The molecule has 0 saturated heterocycles. The molecule has 0 aromatic heterocycles. The van der Waals surface area contributed by atoms with Gasteiger partial charge in [-0.15, -0.1) is 0 Å². The molecule has 7 nitrogen and oxygen atoms in total. The fraction of sp³-hybridized carbons (Fsp3) is 0.200. The summed E-state index contributed by atoms with van der Waals surface area (Å²) >= 11 is 0. The van der Waals surface area contributed by atoms with Gasteiger partial charge in [-0.05, 0) is 37.3 Å². The number of allylic oxidation sites excluding steroid dienone is 1. The molecule has 1 unspecified atom stereocenters. The molecule has 9 heteroatoms. The van der Waals surface area contributed by atoms with Crippen LogP contribution in [0.15, 0.2) is 59.8 Å². The highest BCUT2D eigenvalue weighted by molar-refractivity contribution is 6.06. The zero-order valence-corrected chi connectivity index (χ0v) is 15.7. The molecule has 1 atom stereocenters. The van der Waals surface area contributed by atoms with Crippen molar-refractivity contribution in [1.29, 1.82) is 0 Å². The van der Waals surface area contributed by atoms with E-state index in [1.165, 1.54) is 25.3 Å². The zero-order valence-electron chi connectivity index (χ0n) is 15.7. The third-order valence-corrected chi connectivity index (χ3v) is 4.31. The molecule has 29 heavy (non-hydrogen) atoms. The lowest BCUT2D eigenvalue weighted by atomic mass is 9.94. The second-order valence-corrected chi connectivity index (χ2v) is 6.17. The molecule has 0 bridgehead atoms. The Kier molecular flexibility index (Phi) is 5.96. The van der Waals surface area contributed by atoms with Gasteiger partial charge in [0, 0.05) is 16.9 Å². The summed E-state index contributed by atoms with van der Waals surface area (Å²) in [5.74, 6) is -0.00444. The van der Waals surface area contributed by atoms with Gasteiger partial charge in [0.25, 0.3) is 5.91 Å². The van der Waals surface area contributed by atoms with Crippen LogP contribution in [-0.4, -0.2) is 25.7 Å². The number of urea groups is 1. The Morgan fingerprint density at radius 3 is 2.48 bits per heavy atom. The van der Waals surface area contributed by atoms with Crippen LogP contribution in [0.1, 0.15) is 18.5 Å². The minimum absolute atomic E-state index is 0.128. The van der Waals surface area contributed by atoms with Gasteiger partial charge in [-0.25, -0.2) is 4.79 Å². The van der Waals surface area contributed by atoms with Crippen molar-refractivity contribution < 1.29 is 27.8 Å². The summed E-state index contributed by atoms with van der Waals surface area (Å²) in [5.41, 5.74) is 1.22. The molecular weight excluding hydrogens is 384 g/mol. The SMILES string of the molecule is COc1ccc(NC(=O)C2=C(C)NC(=O)NC2c2ccccc2OC(F)F)cc1. The van der Waals surface area contributed by atoms with E-state index in [-0.39, 0.29) is 16.9 Å². The topological polar surface area (TPSA) is 88.7 Å². The summed E-state index contributed by atoms with van der Waals surface area (Å²) in [6.07, 6.45) is 0. The number of alkyl halides is 2. The molecule has 0 radical (unpaired) electrons. The molecule has 3 amide bonds. The number of carbonyl (C=O) groups excluding carboxylic acids is 2. The zero-order chi connectivity index (χ0) is 21.0. The maximum Gasteiger partial charge on any atom is 0.387 e. The van der Waals surface area contributed by atoms with E-state index in [4.69, 9.17) is 4.74 Å². The van der Waals surface area contributed by atoms with E-state index in [1.54, 1.807) is 37.3 Å². The lowest BCUT2D eigenvalue weighted by Crippen LogP contribution is -2.46. The van der Waals surface area contributed by atoms with Gasteiger partial charge in [0.1, 0.15) is 11.5 Å². The second kappa shape index (κ2) is 8.59. The van der Waals surface area contributed by atoms with Crippen molar-refractivity contribution in [2.45, 2.75) is 19.6 Å². The number of nitrogens with one attached hydrogen (secondary N) is 3. The minimum Gasteiger partial charge on any atom is -0.497 e. The van der Waals surface area contributed by atoms with Crippen molar-refractivity contribution in [3.8, 4) is 11.5 Å². The van der Waals surface area contributed by atoms with Gasteiger partial charge >= 0.3 is 12.6 Å². The van der Waals surface area contributed by atoms with E-state index in [2.05, 4.69) is 20.7 Å². The van der Waals surface area contributed by atoms with Crippen molar-refractivity contribution in [2.24, 2.45) is 0 Å². The molecule has 0 spiro atoms. The number of methoxy groups -OCH3 is 1. The number of hydrogen-bond acceptors (Lipinski definition) is 4. The van der Waals surface area contributed by atoms with Crippen LogP contribution in [0.3, 0.4) is 0 Å². The van der Waals surface area contributed by atoms with Crippen molar-refractivity contribution in [3.63, 3.8) is 0 Å². The van der Waals surface area contributed by atoms with Gasteiger partial charge < -0.3 is 25.4 Å². The third-order valence-electron chi connectivity index (χ3n) is 4.31.